The molecule has 0 saturated carbocycles. The Morgan fingerprint density at radius 3 is 2.42 bits per heavy atom. The molecule has 0 aliphatic carbocycles. The maximum Gasteiger partial charge on any atom is 0.251 e. The summed E-state index contributed by atoms with van der Waals surface area (Å²) in [5, 5.41) is 1.92. The Hall–Kier alpha value is -1.96. The van der Waals surface area contributed by atoms with E-state index in [2.05, 4.69) is 0 Å². The van der Waals surface area contributed by atoms with Crippen LogP contribution in [0, 0.1) is 0 Å². The van der Waals surface area contributed by atoms with Gasteiger partial charge in [0.25, 0.3) is 5.91 Å². The number of piperazine rings is 1. The van der Waals surface area contributed by atoms with Gasteiger partial charge >= 0.3 is 0 Å². The van der Waals surface area contributed by atoms with Gasteiger partial charge in [-0.15, -0.1) is 0 Å². The van der Waals surface area contributed by atoms with E-state index in [4.69, 9.17) is 4.74 Å². The minimum atomic E-state index is -3.56. The van der Waals surface area contributed by atoms with Crippen molar-refractivity contribution in [1.82, 2.24) is 9.21 Å². The molecule has 0 N–H and O–H groups in total. The van der Waals surface area contributed by atoms with Crippen molar-refractivity contribution >= 4 is 26.7 Å². The zero-order valence-corrected chi connectivity index (χ0v) is 15.3. The number of rotatable bonds is 3. The molecule has 2 aromatic carbocycles. The molecule has 0 aromatic heterocycles. The van der Waals surface area contributed by atoms with Gasteiger partial charge in [-0.1, -0.05) is 30.3 Å². The number of benzene rings is 2. The molecule has 2 saturated heterocycles. The molecule has 4 rings (SSSR count). The van der Waals surface area contributed by atoms with Crippen LogP contribution in [-0.4, -0.2) is 62.4 Å². The summed E-state index contributed by atoms with van der Waals surface area (Å²) in [6.07, 6.45) is 1.32. The molecule has 0 radical (unpaired) electrons. The van der Waals surface area contributed by atoms with Gasteiger partial charge in [-0.2, -0.15) is 4.31 Å². The van der Waals surface area contributed by atoms with Crippen LogP contribution in [0.15, 0.2) is 47.4 Å². The fraction of sp³-hybridized carbons (Fsp3) is 0.421. The third-order valence-corrected chi connectivity index (χ3v) is 7.01. The van der Waals surface area contributed by atoms with E-state index in [0.717, 1.165) is 23.6 Å². The molecule has 1 atom stereocenters. The van der Waals surface area contributed by atoms with Crippen molar-refractivity contribution < 1.29 is 17.9 Å². The number of ether oxygens (including phenoxy) is 1. The van der Waals surface area contributed by atoms with Crippen LogP contribution in [-0.2, 0) is 19.6 Å². The van der Waals surface area contributed by atoms with Crippen molar-refractivity contribution in [3.05, 3.63) is 42.5 Å². The molecule has 0 bridgehead atoms. The highest BCUT2D eigenvalue weighted by atomic mass is 32.2. The lowest BCUT2D eigenvalue weighted by molar-refractivity contribution is -0.142. The van der Waals surface area contributed by atoms with Crippen molar-refractivity contribution in [3.8, 4) is 0 Å². The summed E-state index contributed by atoms with van der Waals surface area (Å²) in [5.74, 6) is -0.00902. The van der Waals surface area contributed by atoms with Gasteiger partial charge in [0.15, 0.2) is 0 Å². The minimum Gasteiger partial charge on any atom is -0.368 e. The molecule has 7 heteroatoms. The quantitative estimate of drug-likeness (QED) is 0.822. The van der Waals surface area contributed by atoms with Gasteiger partial charge in [0, 0.05) is 32.8 Å². The number of amides is 1. The van der Waals surface area contributed by atoms with Gasteiger partial charge in [0.1, 0.15) is 6.10 Å². The third kappa shape index (κ3) is 3.22. The predicted octanol–water partition coefficient (Wildman–Crippen LogP) is 1.85. The lowest BCUT2D eigenvalue weighted by Crippen LogP contribution is -2.52. The Labute approximate surface area is 153 Å². The average Bonchev–Trinajstić information content (AvgIpc) is 3.22. The van der Waals surface area contributed by atoms with Crippen LogP contribution in [0.4, 0.5) is 0 Å². The summed E-state index contributed by atoms with van der Waals surface area (Å²) in [6, 6.07) is 12.9. The summed E-state index contributed by atoms with van der Waals surface area (Å²) < 4.78 is 32.8. The average molecular weight is 374 g/mol. The normalized spacial score (nSPS) is 22.0. The number of carbonyl (C=O) groups excluding carboxylic acids is 1. The summed E-state index contributed by atoms with van der Waals surface area (Å²) in [7, 11) is -3.56. The van der Waals surface area contributed by atoms with Gasteiger partial charge < -0.3 is 9.64 Å². The first-order valence-corrected chi connectivity index (χ1v) is 10.4. The van der Waals surface area contributed by atoms with Crippen LogP contribution in [0.2, 0.25) is 0 Å². The van der Waals surface area contributed by atoms with E-state index in [1.807, 2.05) is 30.3 Å². The molecule has 138 valence electrons. The zero-order valence-electron chi connectivity index (χ0n) is 14.5. The molecule has 2 aliphatic heterocycles. The Bertz CT molecular complexity index is 914. The largest absolute Gasteiger partial charge is 0.368 e. The molecular weight excluding hydrogens is 352 g/mol. The molecule has 0 spiro atoms. The summed E-state index contributed by atoms with van der Waals surface area (Å²) in [6.45, 7) is 2.07. The molecule has 1 unspecified atom stereocenters. The first-order valence-electron chi connectivity index (χ1n) is 8.95. The lowest BCUT2D eigenvalue weighted by Gasteiger charge is -2.35. The van der Waals surface area contributed by atoms with Crippen molar-refractivity contribution in [2.45, 2.75) is 23.8 Å². The maximum absolute atomic E-state index is 13.0. The van der Waals surface area contributed by atoms with Crippen LogP contribution in [0.25, 0.3) is 10.8 Å². The highest BCUT2D eigenvalue weighted by Crippen LogP contribution is 2.23. The Morgan fingerprint density at radius 1 is 1.00 bits per heavy atom. The number of nitrogens with zero attached hydrogens (tertiary/aromatic N) is 2. The van der Waals surface area contributed by atoms with Crippen LogP contribution in [0.3, 0.4) is 0 Å². The third-order valence-electron chi connectivity index (χ3n) is 5.11. The smallest absolute Gasteiger partial charge is 0.251 e. The second-order valence-electron chi connectivity index (χ2n) is 6.74. The highest BCUT2D eigenvalue weighted by molar-refractivity contribution is 7.89. The number of fused-ring (bicyclic) bond motifs is 1. The molecule has 26 heavy (non-hydrogen) atoms. The molecule has 1 amide bonds. The lowest BCUT2D eigenvalue weighted by atomic mass is 10.1. The van der Waals surface area contributed by atoms with E-state index in [9.17, 15) is 13.2 Å². The number of sulfonamides is 1. The van der Waals surface area contributed by atoms with Crippen LogP contribution >= 0.6 is 0 Å². The van der Waals surface area contributed by atoms with Crippen LogP contribution in [0.1, 0.15) is 12.8 Å². The SMILES string of the molecule is O=C(C1CCCO1)N1CCN(S(=O)(=O)c2ccc3ccccc3c2)CC1. The summed E-state index contributed by atoms with van der Waals surface area (Å²) >= 11 is 0. The Kier molecular flexibility index (Phi) is 4.69. The van der Waals surface area contributed by atoms with Gasteiger partial charge in [-0.3, -0.25) is 4.79 Å². The van der Waals surface area contributed by atoms with E-state index < -0.39 is 10.0 Å². The van der Waals surface area contributed by atoms with E-state index in [-0.39, 0.29) is 12.0 Å². The molecular formula is C19H22N2O4S. The maximum atomic E-state index is 13.0. The standard InChI is InChI=1S/C19H22N2O4S/c22-19(18-6-3-13-25-18)20-9-11-21(12-10-20)26(23,24)17-8-7-15-4-1-2-5-16(15)14-17/h1-2,4-5,7-8,14,18H,3,6,9-13H2. The van der Waals surface area contributed by atoms with Crippen molar-refractivity contribution in [2.24, 2.45) is 0 Å². The van der Waals surface area contributed by atoms with Crippen molar-refractivity contribution in [1.29, 1.82) is 0 Å². The van der Waals surface area contributed by atoms with E-state index in [1.165, 1.54) is 4.31 Å². The molecule has 6 nitrogen and oxygen atoms in total. The first kappa shape index (κ1) is 17.5. The van der Waals surface area contributed by atoms with Crippen molar-refractivity contribution in [3.63, 3.8) is 0 Å². The molecule has 2 heterocycles. The van der Waals surface area contributed by atoms with Gasteiger partial charge in [0.05, 0.1) is 4.90 Å². The summed E-state index contributed by atoms with van der Waals surface area (Å²) in [4.78, 5) is 14.4. The Morgan fingerprint density at radius 2 is 1.73 bits per heavy atom. The van der Waals surface area contributed by atoms with Crippen LogP contribution in [0.5, 0.6) is 0 Å². The highest BCUT2D eigenvalue weighted by Gasteiger charge is 2.34. The van der Waals surface area contributed by atoms with Crippen molar-refractivity contribution in [2.75, 3.05) is 32.8 Å². The van der Waals surface area contributed by atoms with E-state index >= 15 is 0 Å². The van der Waals surface area contributed by atoms with Crippen LogP contribution < -0.4 is 0 Å². The fourth-order valence-electron chi connectivity index (χ4n) is 3.60. The fourth-order valence-corrected chi connectivity index (χ4v) is 5.06. The zero-order chi connectivity index (χ0) is 18.1. The number of carbonyl (C=O) groups is 1. The summed E-state index contributed by atoms with van der Waals surface area (Å²) in [5.41, 5.74) is 0. The molecule has 2 aliphatic rings. The van der Waals surface area contributed by atoms with E-state index in [0.29, 0.717) is 37.7 Å². The number of hydrogen-bond acceptors (Lipinski definition) is 4. The second kappa shape index (κ2) is 6.98. The minimum absolute atomic E-state index is 0.00902. The van der Waals surface area contributed by atoms with E-state index in [1.54, 1.807) is 17.0 Å². The van der Waals surface area contributed by atoms with Gasteiger partial charge in [-0.25, -0.2) is 8.42 Å². The monoisotopic (exact) mass is 374 g/mol. The molecule has 2 aromatic rings. The van der Waals surface area contributed by atoms with Gasteiger partial charge in [-0.05, 0) is 35.7 Å². The number of hydrogen-bond donors (Lipinski definition) is 0. The topological polar surface area (TPSA) is 66.9 Å². The first-order chi connectivity index (χ1) is 12.6. The Balaban J connectivity index is 1.47. The predicted molar refractivity (Wildman–Crippen MR) is 98.3 cm³/mol. The second-order valence-corrected chi connectivity index (χ2v) is 8.68. The molecule has 2 fully saturated rings. The van der Waals surface area contributed by atoms with Gasteiger partial charge in [0.2, 0.25) is 10.0 Å².